The number of fused-ring (bicyclic) bond motifs is 1. The first kappa shape index (κ1) is 20.3. The number of aromatic nitrogens is 4. The van der Waals surface area contributed by atoms with E-state index in [-0.39, 0.29) is 5.56 Å². The summed E-state index contributed by atoms with van der Waals surface area (Å²) >= 11 is 10.7. The van der Waals surface area contributed by atoms with Crippen LogP contribution in [-0.2, 0) is 10.5 Å². The van der Waals surface area contributed by atoms with Crippen LogP contribution in [0.3, 0.4) is 0 Å². The number of methoxy groups -OCH3 is 1. The molecule has 0 bridgehead atoms. The predicted molar refractivity (Wildman–Crippen MR) is 121 cm³/mol. The number of nitrogens with zero attached hydrogens (tertiary/aromatic N) is 3. The third-order valence-corrected chi connectivity index (χ3v) is 7.21. The highest BCUT2D eigenvalue weighted by atomic mass is 35.5. The lowest BCUT2D eigenvalue weighted by atomic mass is 10.1. The van der Waals surface area contributed by atoms with Crippen LogP contribution in [0.25, 0.3) is 21.3 Å². The van der Waals surface area contributed by atoms with Crippen LogP contribution in [0.15, 0.2) is 38.8 Å². The average molecular weight is 466 g/mol. The fourth-order valence-corrected chi connectivity index (χ4v) is 5.51. The Kier molecular flexibility index (Phi) is 6.46. The molecule has 3 aromatic heterocycles. The van der Waals surface area contributed by atoms with Gasteiger partial charge in [-0.1, -0.05) is 52.9 Å². The lowest BCUT2D eigenvalue weighted by Gasteiger charge is -2.03. The molecular formula is C18H16ClN5O2S3. The molecule has 0 spiro atoms. The van der Waals surface area contributed by atoms with Crippen LogP contribution in [0.1, 0.15) is 5.82 Å². The molecule has 11 heteroatoms. The number of thiophene rings is 1. The highest BCUT2D eigenvalue weighted by Crippen LogP contribution is 2.35. The molecule has 4 aromatic rings. The summed E-state index contributed by atoms with van der Waals surface area (Å²) in [6.45, 7) is 1.28. The number of anilines is 1. The third kappa shape index (κ3) is 4.62. The summed E-state index contributed by atoms with van der Waals surface area (Å²) in [5.41, 5.74) is 1.47. The number of hydrogen-bond acceptors (Lipinski definition) is 9. The Morgan fingerprint density at radius 1 is 1.28 bits per heavy atom. The molecule has 0 saturated heterocycles. The quantitative estimate of drug-likeness (QED) is 0.292. The SMILES string of the molecule is COCCNc1nnc(SCc2nc3scc(-c4ccccc4Cl)c3c(=O)[nH]2)s1. The minimum Gasteiger partial charge on any atom is -0.383 e. The first-order valence-electron chi connectivity index (χ1n) is 8.60. The van der Waals surface area contributed by atoms with Gasteiger partial charge < -0.3 is 15.0 Å². The van der Waals surface area contributed by atoms with Crippen molar-refractivity contribution in [3.8, 4) is 11.1 Å². The molecule has 0 fully saturated rings. The fourth-order valence-electron chi connectivity index (χ4n) is 2.67. The van der Waals surface area contributed by atoms with Crippen molar-refractivity contribution in [2.24, 2.45) is 0 Å². The van der Waals surface area contributed by atoms with Gasteiger partial charge in [0.2, 0.25) is 5.13 Å². The van der Waals surface area contributed by atoms with Crippen LogP contribution in [0, 0.1) is 0 Å². The average Bonchev–Trinajstić information content (AvgIpc) is 3.34. The van der Waals surface area contributed by atoms with Crippen molar-refractivity contribution in [1.29, 1.82) is 0 Å². The van der Waals surface area contributed by atoms with Crippen molar-refractivity contribution in [2.45, 2.75) is 10.1 Å². The van der Waals surface area contributed by atoms with E-state index in [0.29, 0.717) is 40.0 Å². The first-order valence-corrected chi connectivity index (χ1v) is 11.7. The molecule has 0 aliphatic carbocycles. The first-order chi connectivity index (χ1) is 14.2. The van der Waals surface area contributed by atoms with Gasteiger partial charge in [0.05, 0.1) is 17.7 Å². The second kappa shape index (κ2) is 9.23. The van der Waals surface area contributed by atoms with Gasteiger partial charge in [0.15, 0.2) is 4.34 Å². The van der Waals surface area contributed by atoms with Gasteiger partial charge in [0, 0.05) is 35.2 Å². The van der Waals surface area contributed by atoms with Crippen LogP contribution in [0.2, 0.25) is 5.02 Å². The molecule has 4 rings (SSSR count). The summed E-state index contributed by atoms with van der Waals surface area (Å²) in [5, 5.41) is 15.2. The normalized spacial score (nSPS) is 11.2. The summed E-state index contributed by atoms with van der Waals surface area (Å²) in [6.07, 6.45) is 0. The van der Waals surface area contributed by atoms with E-state index in [1.807, 2.05) is 29.6 Å². The Balaban J connectivity index is 1.51. The monoisotopic (exact) mass is 465 g/mol. The number of halogens is 1. The molecular weight excluding hydrogens is 450 g/mol. The second-order valence-corrected chi connectivity index (χ2v) is 9.37. The van der Waals surface area contributed by atoms with E-state index in [1.54, 1.807) is 7.11 Å². The number of hydrogen-bond donors (Lipinski definition) is 2. The number of nitrogens with one attached hydrogen (secondary N) is 2. The number of ether oxygens (including phenoxy) is 1. The number of aromatic amines is 1. The maximum Gasteiger partial charge on any atom is 0.260 e. The van der Waals surface area contributed by atoms with Gasteiger partial charge in [-0.3, -0.25) is 4.79 Å². The van der Waals surface area contributed by atoms with Crippen molar-refractivity contribution < 1.29 is 4.74 Å². The zero-order valence-electron chi connectivity index (χ0n) is 15.3. The molecule has 0 atom stereocenters. The van der Waals surface area contributed by atoms with Crippen LogP contribution in [0.5, 0.6) is 0 Å². The molecule has 2 N–H and O–H groups in total. The number of H-pyrrole nitrogens is 1. The van der Waals surface area contributed by atoms with E-state index in [1.165, 1.54) is 34.4 Å². The Labute approximate surface area is 183 Å². The zero-order valence-corrected chi connectivity index (χ0v) is 18.5. The van der Waals surface area contributed by atoms with E-state index in [2.05, 4.69) is 25.5 Å². The highest BCUT2D eigenvalue weighted by molar-refractivity contribution is 8.00. The van der Waals surface area contributed by atoms with Gasteiger partial charge in [-0.05, 0) is 6.07 Å². The second-order valence-electron chi connectivity index (χ2n) is 5.90. The van der Waals surface area contributed by atoms with E-state index in [4.69, 9.17) is 16.3 Å². The Bertz CT molecular complexity index is 1190. The molecule has 150 valence electrons. The molecule has 0 aliphatic heterocycles. The van der Waals surface area contributed by atoms with Crippen LogP contribution < -0.4 is 10.9 Å². The summed E-state index contributed by atoms with van der Waals surface area (Å²) in [5.74, 6) is 1.10. The predicted octanol–water partition coefficient (Wildman–Crippen LogP) is 4.51. The zero-order chi connectivity index (χ0) is 20.2. The van der Waals surface area contributed by atoms with Crippen LogP contribution in [0.4, 0.5) is 5.13 Å². The molecule has 3 heterocycles. The minimum atomic E-state index is -0.166. The van der Waals surface area contributed by atoms with Gasteiger partial charge in [-0.15, -0.1) is 21.5 Å². The van der Waals surface area contributed by atoms with Crippen LogP contribution >= 0.6 is 46.0 Å². The fraction of sp³-hybridized carbons (Fsp3) is 0.222. The van der Waals surface area contributed by atoms with Crippen molar-refractivity contribution in [3.63, 3.8) is 0 Å². The summed E-state index contributed by atoms with van der Waals surface area (Å²) in [4.78, 5) is 20.9. The van der Waals surface area contributed by atoms with E-state index < -0.39 is 0 Å². The van der Waals surface area contributed by atoms with Crippen molar-refractivity contribution >= 4 is 61.4 Å². The van der Waals surface area contributed by atoms with E-state index in [0.717, 1.165) is 20.6 Å². The maximum absolute atomic E-state index is 12.7. The summed E-state index contributed by atoms with van der Waals surface area (Å²) in [6, 6.07) is 7.48. The van der Waals surface area contributed by atoms with Gasteiger partial charge in [-0.25, -0.2) is 4.98 Å². The smallest absolute Gasteiger partial charge is 0.260 e. The van der Waals surface area contributed by atoms with Crippen molar-refractivity contribution in [3.05, 3.63) is 50.8 Å². The molecule has 0 unspecified atom stereocenters. The third-order valence-electron chi connectivity index (χ3n) is 3.98. The molecule has 0 aliphatic rings. The molecule has 29 heavy (non-hydrogen) atoms. The lowest BCUT2D eigenvalue weighted by Crippen LogP contribution is -2.10. The molecule has 7 nitrogen and oxygen atoms in total. The largest absolute Gasteiger partial charge is 0.383 e. The van der Waals surface area contributed by atoms with Crippen LogP contribution in [-0.4, -0.2) is 40.4 Å². The Hall–Kier alpha value is -1.98. The van der Waals surface area contributed by atoms with Gasteiger partial charge >= 0.3 is 0 Å². The molecule has 1 aromatic carbocycles. The highest BCUT2D eigenvalue weighted by Gasteiger charge is 2.15. The van der Waals surface area contributed by atoms with E-state index in [9.17, 15) is 4.79 Å². The molecule has 0 saturated carbocycles. The molecule has 0 amide bonds. The Morgan fingerprint density at radius 2 is 2.14 bits per heavy atom. The number of benzene rings is 1. The van der Waals surface area contributed by atoms with Gasteiger partial charge in [0.25, 0.3) is 5.56 Å². The van der Waals surface area contributed by atoms with Gasteiger partial charge in [-0.2, -0.15) is 0 Å². The lowest BCUT2D eigenvalue weighted by molar-refractivity contribution is 0.211. The van der Waals surface area contributed by atoms with Crippen molar-refractivity contribution in [2.75, 3.05) is 25.6 Å². The standard InChI is InChI=1S/C18H16ClN5O2S3/c1-26-7-6-20-17-23-24-18(29-17)28-9-13-21-15(25)14-11(8-27-16(14)22-13)10-4-2-3-5-12(10)19/h2-5,8H,6-7,9H2,1H3,(H,20,23)(H,21,22,25). The Morgan fingerprint density at radius 3 is 2.97 bits per heavy atom. The summed E-state index contributed by atoms with van der Waals surface area (Å²) < 4.78 is 5.80. The van der Waals surface area contributed by atoms with E-state index >= 15 is 0 Å². The van der Waals surface area contributed by atoms with Gasteiger partial charge in [0.1, 0.15) is 10.7 Å². The number of rotatable bonds is 8. The summed E-state index contributed by atoms with van der Waals surface area (Å²) in [7, 11) is 1.65. The van der Waals surface area contributed by atoms with Crippen molar-refractivity contribution in [1.82, 2.24) is 20.2 Å². The maximum atomic E-state index is 12.7. The molecule has 0 radical (unpaired) electrons. The topological polar surface area (TPSA) is 92.8 Å². The minimum absolute atomic E-state index is 0.166. The number of thioether (sulfide) groups is 1.